The predicted molar refractivity (Wildman–Crippen MR) is 106 cm³/mol. The molecule has 3 rings (SSSR count). The molecule has 0 atom stereocenters. The Labute approximate surface area is 169 Å². The maximum Gasteiger partial charge on any atom is 0.418 e. The molecule has 2 aromatic carbocycles. The molecule has 152 valence electrons. The van der Waals surface area contributed by atoms with Gasteiger partial charge in [-0.3, -0.25) is 4.79 Å². The third kappa shape index (κ3) is 4.92. The summed E-state index contributed by atoms with van der Waals surface area (Å²) in [4.78, 5) is 16.5. The lowest BCUT2D eigenvalue weighted by Gasteiger charge is -2.09. The van der Waals surface area contributed by atoms with Gasteiger partial charge in [0.25, 0.3) is 5.91 Å². The summed E-state index contributed by atoms with van der Waals surface area (Å²) < 4.78 is 50.1. The maximum atomic E-state index is 13.1. The van der Waals surface area contributed by atoms with Crippen LogP contribution in [0, 0.1) is 0 Å². The Morgan fingerprint density at radius 1 is 1.17 bits per heavy atom. The number of nitrogens with zero attached hydrogens (tertiary/aromatic N) is 1. The number of benzene rings is 2. The summed E-state index contributed by atoms with van der Waals surface area (Å²) >= 11 is 0.967. The summed E-state index contributed by atoms with van der Waals surface area (Å²) in [5, 5.41) is 2.57. The number of nitrogens with one attached hydrogen (secondary N) is 1. The van der Waals surface area contributed by atoms with Gasteiger partial charge in [-0.25, -0.2) is 4.99 Å². The van der Waals surface area contributed by atoms with Crippen LogP contribution in [0.1, 0.15) is 18.1 Å². The molecule has 1 N–H and O–H groups in total. The number of ether oxygens (including phenoxy) is 2. The van der Waals surface area contributed by atoms with Gasteiger partial charge in [0.05, 0.1) is 29.9 Å². The summed E-state index contributed by atoms with van der Waals surface area (Å²) in [6.45, 7) is 2.33. The van der Waals surface area contributed by atoms with Gasteiger partial charge in [-0.1, -0.05) is 18.2 Å². The van der Waals surface area contributed by atoms with Crippen molar-refractivity contribution in [1.29, 1.82) is 0 Å². The Kier molecular flexibility index (Phi) is 6.17. The normalized spacial score (nSPS) is 16.9. The quantitative estimate of drug-likeness (QED) is 0.689. The molecule has 0 bridgehead atoms. The van der Waals surface area contributed by atoms with E-state index in [4.69, 9.17) is 9.47 Å². The van der Waals surface area contributed by atoms with Crippen molar-refractivity contribution in [2.24, 2.45) is 4.99 Å². The second-order valence-corrected chi connectivity index (χ2v) is 6.87. The molecule has 5 nitrogen and oxygen atoms in total. The number of amides is 1. The number of carbonyl (C=O) groups excluding carboxylic acids is 1. The van der Waals surface area contributed by atoms with Gasteiger partial charge < -0.3 is 14.8 Å². The van der Waals surface area contributed by atoms with Gasteiger partial charge in [0.2, 0.25) is 0 Å². The molecule has 1 aliphatic heterocycles. The van der Waals surface area contributed by atoms with Crippen LogP contribution >= 0.6 is 11.8 Å². The molecule has 2 aromatic rings. The number of hydrogen-bond donors (Lipinski definition) is 1. The van der Waals surface area contributed by atoms with Crippen LogP contribution in [0.2, 0.25) is 0 Å². The van der Waals surface area contributed by atoms with Crippen LogP contribution in [0.25, 0.3) is 6.08 Å². The molecule has 0 unspecified atom stereocenters. The average molecular weight is 422 g/mol. The Balaban J connectivity index is 1.87. The Morgan fingerprint density at radius 3 is 2.62 bits per heavy atom. The van der Waals surface area contributed by atoms with Crippen LogP contribution < -0.4 is 14.8 Å². The van der Waals surface area contributed by atoms with E-state index in [-0.39, 0.29) is 10.9 Å². The first kappa shape index (κ1) is 20.8. The molecule has 29 heavy (non-hydrogen) atoms. The summed E-state index contributed by atoms with van der Waals surface area (Å²) in [7, 11) is 1.51. The zero-order chi connectivity index (χ0) is 21.0. The first-order chi connectivity index (χ1) is 13.8. The van der Waals surface area contributed by atoms with E-state index in [0.29, 0.717) is 28.6 Å². The molecule has 0 radical (unpaired) electrons. The number of aliphatic imine (C=N–C) groups is 1. The van der Waals surface area contributed by atoms with E-state index >= 15 is 0 Å². The zero-order valence-corrected chi connectivity index (χ0v) is 16.4. The van der Waals surface area contributed by atoms with Crippen molar-refractivity contribution in [2.45, 2.75) is 13.1 Å². The molecule has 1 saturated heterocycles. The van der Waals surface area contributed by atoms with E-state index in [1.54, 1.807) is 24.3 Å². The second-order valence-electron chi connectivity index (χ2n) is 5.84. The minimum Gasteiger partial charge on any atom is -0.493 e. The highest BCUT2D eigenvalue weighted by Crippen LogP contribution is 2.37. The van der Waals surface area contributed by atoms with Gasteiger partial charge in [-0.2, -0.15) is 13.2 Å². The van der Waals surface area contributed by atoms with Crippen molar-refractivity contribution in [3.8, 4) is 11.5 Å². The van der Waals surface area contributed by atoms with Crippen molar-refractivity contribution < 1.29 is 27.4 Å². The van der Waals surface area contributed by atoms with Gasteiger partial charge >= 0.3 is 6.18 Å². The zero-order valence-electron chi connectivity index (χ0n) is 15.5. The molecule has 0 saturated carbocycles. The molecule has 1 fully saturated rings. The number of para-hydroxylation sites is 1. The lowest BCUT2D eigenvalue weighted by molar-refractivity contribution is -0.137. The van der Waals surface area contributed by atoms with Crippen LogP contribution in [0.3, 0.4) is 0 Å². The van der Waals surface area contributed by atoms with E-state index in [1.807, 2.05) is 6.92 Å². The highest BCUT2D eigenvalue weighted by molar-refractivity contribution is 8.18. The minimum atomic E-state index is -4.54. The van der Waals surface area contributed by atoms with Crippen molar-refractivity contribution in [2.75, 3.05) is 13.7 Å². The number of thioether (sulfide) groups is 1. The fraction of sp³-hybridized carbons (Fsp3) is 0.200. The van der Waals surface area contributed by atoms with Gasteiger partial charge in [0, 0.05) is 0 Å². The molecule has 0 aromatic heterocycles. The topological polar surface area (TPSA) is 59.9 Å². The number of hydrogen-bond acceptors (Lipinski definition) is 5. The van der Waals surface area contributed by atoms with Crippen molar-refractivity contribution in [3.63, 3.8) is 0 Å². The van der Waals surface area contributed by atoms with Crippen molar-refractivity contribution in [1.82, 2.24) is 5.32 Å². The summed E-state index contributed by atoms with van der Waals surface area (Å²) in [6, 6.07) is 10.1. The molecule has 1 heterocycles. The van der Waals surface area contributed by atoms with Crippen molar-refractivity contribution >= 4 is 34.6 Å². The summed E-state index contributed by atoms with van der Waals surface area (Å²) in [5.74, 6) is 0.648. The Morgan fingerprint density at radius 2 is 1.93 bits per heavy atom. The van der Waals surface area contributed by atoms with Gasteiger partial charge in [0.15, 0.2) is 16.7 Å². The SMILES string of the molecule is CCOc1ccc(C=C2SC(=Nc3ccccc3C(F)(F)F)NC2=O)cc1OC. The lowest BCUT2D eigenvalue weighted by atomic mass is 10.2. The smallest absolute Gasteiger partial charge is 0.418 e. The largest absolute Gasteiger partial charge is 0.493 e. The van der Waals surface area contributed by atoms with Crippen LogP contribution in [0.15, 0.2) is 52.4 Å². The third-order valence-corrected chi connectivity index (χ3v) is 4.78. The maximum absolute atomic E-state index is 13.1. The third-order valence-electron chi connectivity index (χ3n) is 3.87. The monoisotopic (exact) mass is 422 g/mol. The molecule has 0 spiro atoms. The summed E-state index contributed by atoms with van der Waals surface area (Å²) in [5.41, 5.74) is -0.442. The number of amidine groups is 1. The highest BCUT2D eigenvalue weighted by atomic mass is 32.2. The van der Waals surface area contributed by atoms with Gasteiger partial charge in [-0.05, 0) is 54.6 Å². The first-order valence-corrected chi connectivity index (χ1v) is 9.40. The number of alkyl halides is 3. The number of halogens is 3. The first-order valence-electron chi connectivity index (χ1n) is 8.58. The molecular weight excluding hydrogens is 405 g/mol. The number of carbonyl (C=O) groups is 1. The highest BCUT2D eigenvalue weighted by Gasteiger charge is 2.34. The molecule has 9 heteroatoms. The Hall–Kier alpha value is -2.94. The van der Waals surface area contributed by atoms with Crippen LogP contribution in [0.4, 0.5) is 18.9 Å². The standard InChI is InChI=1S/C20H17F3N2O3S/c1-3-28-15-9-8-12(10-16(15)27-2)11-17-18(26)25-19(29-17)24-14-7-5-4-6-13(14)20(21,22)23/h4-11H,3H2,1-2H3,(H,24,25,26). The van der Waals surface area contributed by atoms with E-state index in [1.165, 1.54) is 25.3 Å². The lowest BCUT2D eigenvalue weighted by Crippen LogP contribution is -2.19. The molecule has 0 aliphatic carbocycles. The van der Waals surface area contributed by atoms with Crippen LogP contribution in [0.5, 0.6) is 11.5 Å². The number of methoxy groups -OCH3 is 1. The molecule has 1 amide bonds. The summed E-state index contributed by atoms with van der Waals surface area (Å²) in [6.07, 6.45) is -2.93. The van der Waals surface area contributed by atoms with Gasteiger partial charge in [0.1, 0.15) is 0 Å². The predicted octanol–water partition coefficient (Wildman–Crippen LogP) is 5.00. The average Bonchev–Trinajstić information content (AvgIpc) is 3.01. The van der Waals surface area contributed by atoms with E-state index in [9.17, 15) is 18.0 Å². The minimum absolute atomic E-state index is 0.0795. The Bertz CT molecular complexity index is 987. The van der Waals surface area contributed by atoms with E-state index < -0.39 is 17.6 Å². The number of rotatable bonds is 5. The van der Waals surface area contributed by atoms with E-state index in [0.717, 1.165) is 17.8 Å². The molecule has 1 aliphatic rings. The molecular formula is C20H17F3N2O3S. The fourth-order valence-electron chi connectivity index (χ4n) is 2.60. The van der Waals surface area contributed by atoms with Gasteiger partial charge in [-0.15, -0.1) is 0 Å². The fourth-order valence-corrected chi connectivity index (χ4v) is 3.44. The second kappa shape index (κ2) is 8.60. The van der Waals surface area contributed by atoms with Crippen LogP contribution in [-0.4, -0.2) is 24.8 Å². The van der Waals surface area contributed by atoms with Crippen LogP contribution in [-0.2, 0) is 11.0 Å². The van der Waals surface area contributed by atoms with E-state index in [2.05, 4.69) is 10.3 Å². The van der Waals surface area contributed by atoms with Crippen molar-refractivity contribution in [3.05, 3.63) is 58.5 Å².